The fraction of sp³-hybridized carbons (Fsp3) is 0.222. The number of carbonyl (C=O) groups is 1. The fourth-order valence-corrected chi connectivity index (χ4v) is 2.88. The van der Waals surface area contributed by atoms with E-state index in [2.05, 4.69) is 10.3 Å². The molecule has 0 aliphatic rings. The van der Waals surface area contributed by atoms with Crippen LogP contribution >= 0.6 is 11.3 Å². The predicted molar refractivity (Wildman–Crippen MR) is 96.0 cm³/mol. The number of hydrogen-bond donors (Lipinski definition) is 1. The highest BCUT2D eigenvalue weighted by Gasteiger charge is 2.15. The van der Waals surface area contributed by atoms with Crippen LogP contribution in [0, 0.1) is 0 Å². The normalized spacial score (nSPS) is 11.9. The molecule has 0 aliphatic carbocycles. The van der Waals surface area contributed by atoms with Gasteiger partial charge in [0, 0.05) is 5.69 Å². The number of thiazole rings is 1. The van der Waals surface area contributed by atoms with Crippen LogP contribution in [-0.2, 0) is 4.79 Å². The Morgan fingerprint density at radius 3 is 2.71 bits per heavy atom. The summed E-state index contributed by atoms with van der Waals surface area (Å²) in [5, 5.41) is 2.85. The van der Waals surface area contributed by atoms with Gasteiger partial charge in [-0.2, -0.15) is 0 Å². The highest BCUT2D eigenvalue weighted by atomic mass is 32.1. The van der Waals surface area contributed by atoms with Gasteiger partial charge in [-0.05, 0) is 56.3 Å². The van der Waals surface area contributed by atoms with Crippen LogP contribution in [-0.4, -0.2) is 23.6 Å². The first-order valence-corrected chi connectivity index (χ1v) is 8.57. The number of carbonyl (C=O) groups excluding carboxylic acids is 1. The molecule has 5 nitrogen and oxygen atoms in total. The molecule has 0 aliphatic heterocycles. The molecule has 0 spiro atoms. The zero-order chi connectivity index (χ0) is 16.9. The number of fused-ring (bicyclic) bond motifs is 1. The van der Waals surface area contributed by atoms with Gasteiger partial charge in [0.25, 0.3) is 5.91 Å². The van der Waals surface area contributed by atoms with Gasteiger partial charge in [-0.1, -0.05) is 0 Å². The van der Waals surface area contributed by atoms with Crippen molar-refractivity contribution < 1.29 is 14.3 Å². The SMILES string of the molecule is CCOc1ccc(OC(C)C(=O)Nc2ccc3scnc3c2)cc1. The minimum Gasteiger partial charge on any atom is -0.494 e. The smallest absolute Gasteiger partial charge is 0.265 e. The van der Waals surface area contributed by atoms with E-state index in [0.717, 1.165) is 16.0 Å². The van der Waals surface area contributed by atoms with E-state index in [-0.39, 0.29) is 5.91 Å². The molecule has 2 aromatic carbocycles. The van der Waals surface area contributed by atoms with Crippen molar-refractivity contribution in [2.24, 2.45) is 0 Å². The maximum absolute atomic E-state index is 12.3. The van der Waals surface area contributed by atoms with E-state index in [1.165, 1.54) is 0 Å². The van der Waals surface area contributed by atoms with Crippen molar-refractivity contribution in [3.8, 4) is 11.5 Å². The Hall–Kier alpha value is -2.60. The second kappa shape index (κ2) is 7.31. The Morgan fingerprint density at radius 1 is 1.21 bits per heavy atom. The second-order valence-electron chi connectivity index (χ2n) is 5.19. The first-order chi connectivity index (χ1) is 11.7. The molecule has 0 fully saturated rings. The first kappa shape index (κ1) is 16.3. The monoisotopic (exact) mass is 342 g/mol. The number of aromatic nitrogens is 1. The number of nitrogens with one attached hydrogen (secondary N) is 1. The number of amides is 1. The van der Waals surface area contributed by atoms with E-state index in [0.29, 0.717) is 18.0 Å². The molecule has 124 valence electrons. The number of anilines is 1. The van der Waals surface area contributed by atoms with Crippen LogP contribution in [0.4, 0.5) is 5.69 Å². The zero-order valence-corrected chi connectivity index (χ0v) is 14.3. The number of benzene rings is 2. The third kappa shape index (κ3) is 3.83. The molecule has 24 heavy (non-hydrogen) atoms. The van der Waals surface area contributed by atoms with Crippen LogP contribution < -0.4 is 14.8 Å². The van der Waals surface area contributed by atoms with Crippen molar-refractivity contribution in [1.29, 1.82) is 0 Å². The van der Waals surface area contributed by atoms with E-state index in [1.807, 2.05) is 37.3 Å². The van der Waals surface area contributed by atoms with Crippen molar-refractivity contribution >= 4 is 33.1 Å². The van der Waals surface area contributed by atoms with Gasteiger partial charge >= 0.3 is 0 Å². The molecule has 1 amide bonds. The van der Waals surface area contributed by atoms with Gasteiger partial charge in [-0.15, -0.1) is 11.3 Å². The summed E-state index contributed by atoms with van der Waals surface area (Å²) in [6.07, 6.45) is -0.617. The molecule has 1 atom stereocenters. The molecule has 1 unspecified atom stereocenters. The van der Waals surface area contributed by atoms with Gasteiger partial charge in [-0.3, -0.25) is 4.79 Å². The lowest BCUT2D eigenvalue weighted by atomic mass is 10.2. The molecular formula is C18H18N2O3S. The lowest BCUT2D eigenvalue weighted by Gasteiger charge is -2.15. The van der Waals surface area contributed by atoms with Gasteiger partial charge in [0.1, 0.15) is 11.5 Å². The topological polar surface area (TPSA) is 60.5 Å². The van der Waals surface area contributed by atoms with Crippen LogP contribution in [0.3, 0.4) is 0 Å². The predicted octanol–water partition coefficient (Wildman–Crippen LogP) is 4.10. The van der Waals surface area contributed by atoms with Gasteiger partial charge < -0.3 is 14.8 Å². The lowest BCUT2D eigenvalue weighted by Crippen LogP contribution is -2.30. The van der Waals surface area contributed by atoms with E-state index in [4.69, 9.17) is 9.47 Å². The molecule has 3 rings (SSSR count). The summed E-state index contributed by atoms with van der Waals surface area (Å²) in [5.74, 6) is 1.19. The summed E-state index contributed by atoms with van der Waals surface area (Å²) in [4.78, 5) is 16.5. The zero-order valence-electron chi connectivity index (χ0n) is 13.5. The quantitative estimate of drug-likeness (QED) is 0.732. The molecule has 1 N–H and O–H groups in total. The molecule has 3 aromatic rings. The molecule has 1 aromatic heterocycles. The summed E-state index contributed by atoms with van der Waals surface area (Å²) >= 11 is 1.57. The number of rotatable bonds is 6. The Labute approximate surface area is 144 Å². The standard InChI is InChI=1S/C18H18N2O3S/c1-3-22-14-5-7-15(8-6-14)23-12(2)18(21)20-13-4-9-17-16(10-13)19-11-24-17/h4-12H,3H2,1-2H3,(H,20,21). The van der Waals surface area contributed by atoms with Crippen molar-refractivity contribution in [2.45, 2.75) is 20.0 Å². The molecule has 0 saturated carbocycles. The molecule has 0 bridgehead atoms. The van der Waals surface area contributed by atoms with Crippen LogP contribution in [0.25, 0.3) is 10.2 Å². The Morgan fingerprint density at radius 2 is 1.96 bits per heavy atom. The van der Waals surface area contributed by atoms with E-state index in [9.17, 15) is 4.79 Å². The van der Waals surface area contributed by atoms with Gasteiger partial charge in [0.2, 0.25) is 0 Å². The lowest BCUT2D eigenvalue weighted by molar-refractivity contribution is -0.122. The summed E-state index contributed by atoms with van der Waals surface area (Å²) in [7, 11) is 0. The number of ether oxygens (including phenoxy) is 2. The third-order valence-electron chi connectivity index (χ3n) is 3.41. The molecular weight excluding hydrogens is 324 g/mol. The largest absolute Gasteiger partial charge is 0.494 e. The van der Waals surface area contributed by atoms with Crippen LogP contribution in [0.15, 0.2) is 48.0 Å². The minimum atomic E-state index is -0.617. The number of hydrogen-bond acceptors (Lipinski definition) is 5. The van der Waals surface area contributed by atoms with Crippen molar-refractivity contribution in [2.75, 3.05) is 11.9 Å². The van der Waals surface area contributed by atoms with Crippen molar-refractivity contribution in [3.63, 3.8) is 0 Å². The third-order valence-corrected chi connectivity index (χ3v) is 4.22. The van der Waals surface area contributed by atoms with E-state index < -0.39 is 6.10 Å². The Kier molecular flexibility index (Phi) is 4.96. The average molecular weight is 342 g/mol. The van der Waals surface area contributed by atoms with Gasteiger partial charge in [0.05, 0.1) is 22.3 Å². The Balaban J connectivity index is 1.61. The molecule has 1 heterocycles. The molecule has 0 saturated heterocycles. The summed E-state index contributed by atoms with van der Waals surface area (Å²) in [5.41, 5.74) is 3.37. The maximum Gasteiger partial charge on any atom is 0.265 e. The average Bonchev–Trinajstić information content (AvgIpc) is 3.04. The van der Waals surface area contributed by atoms with E-state index >= 15 is 0 Å². The number of nitrogens with zero attached hydrogens (tertiary/aromatic N) is 1. The van der Waals surface area contributed by atoms with Gasteiger partial charge in [-0.25, -0.2) is 4.98 Å². The highest BCUT2D eigenvalue weighted by Crippen LogP contribution is 2.22. The highest BCUT2D eigenvalue weighted by molar-refractivity contribution is 7.16. The second-order valence-corrected chi connectivity index (χ2v) is 6.07. The van der Waals surface area contributed by atoms with Crippen molar-refractivity contribution in [1.82, 2.24) is 4.98 Å². The molecule has 0 radical (unpaired) electrons. The van der Waals surface area contributed by atoms with E-state index in [1.54, 1.807) is 35.9 Å². The van der Waals surface area contributed by atoms with Crippen molar-refractivity contribution in [3.05, 3.63) is 48.0 Å². The van der Waals surface area contributed by atoms with Gasteiger partial charge in [0.15, 0.2) is 6.10 Å². The van der Waals surface area contributed by atoms with Crippen LogP contribution in [0.5, 0.6) is 11.5 Å². The Bertz CT molecular complexity index is 830. The minimum absolute atomic E-state index is 0.210. The first-order valence-electron chi connectivity index (χ1n) is 7.69. The van der Waals surface area contributed by atoms with Crippen LogP contribution in [0.2, 0.25) is 0 Å². The van der Waals surface area contributed by atoms with Crippen LogP contribution in [0.1, 0.15) is 13.8 Å². The molecule has 6 heteroatoms. The maximum atomic E-state index is 12.3. The summed E-state index contributed by atoms with van der Waals surface area (Å²) in [6.45, 7) is 4.26. The summed E-state index contributed by atoms with van der Waals surface area (Å²) in [6, 6.07) is 12.9. The fourth-order valence-electron chi connectivity index (χ4n) is 2.22. The summed E-state index contributed by atoms with van der Waals surface area (Å²) < 4.78 is 12.1.